The molecule has 0 aliphatic carbocycles. The SMILES string of the molecule is O=C(O)C(Cc1cc(Cl)ccc1Oc1ccccc1)Oc1ccc2ccccc2c1. The maximum atomic E-state index is 11.9. The van der Waals surface area contributed by atoms with Gasteiger partial charge in [-0.15, -0.1) is 0 Å². The first-order valence-corrected chi connectivity index (χ1v) is 9.86. The molecule has 0 aliphatic rings. The summed E-state index contributed by atoms with van der Waals surface area (Å²) in [6.07, 6.45) is -0.993. The van der Waals surface area contributed by atoms with Crippen LogP contribution < -0.4 is 9.47 Å². The van der Waals surface area contributed by atoms with Gasteiger partial charge >= 0.3 is 5.97 Å². The third kappa shape index (κ3) is 4.73. The van der Waals surface area contributed by atoms with Gasteiger partial charge in [0.15, 0.2) is 6.10 Å². The number of halogens is 1. The van der Waals surface area contributed by atoms with Crippen LogP contribution in [0.3, 0.4) is 0 Å². The first-order valence-electron chi connectivity index (χ1n) is 9.48. The van der Waals surface area contributed by atoms with Crippen LogP contribution in [0.1, 0.15) is 5.56 Å². The molecule has 1 atom stereocenters. The first-order chi connectivity index (χ1) is 14.6. The van der Waals surface area contributed by atoms with Gasteiger partial charge in [-0.1, -0.05) is 60.1 Å². The van der Waals surface area contributed by atoms with Crippen LogP contribution in [0.4, 0.5) is 0 Å². The topological polar surface area (TPSA) is 55.8 Å². The van der Waals surface area contributed by atoms with E-state index in [2.05, 4.69) is 0 Å². The summed E-state index contributed by atoms with van der Waals surface area (Å²) in [5, 5.41) is 12.3. The summed E-state index contributed by atoms with van der Waals surface area (Å²) in [6.45, 7) is 0. The zero-order valence-corrected chi connectivity index (χ0v) is 16.8. The number of hydrogen-bond acceptors (Lipinski definition) is 3. The highest BCUT2D eigenvalue weighted by molar-refractivity contribution is 6.30. The molecule has 150 valence electrons. The Kier molecular flexibility index (Phi) is 5.87. The fraction of sp³-hybridized carbons (Fsp3) is 0.0800. The van der Waals surface area contributed by atoms with Gasteiger partial charge in [-0.25, -0.2) is 4.79 Å². The van der Waals surface area contributed by atoms with Crippen molar-refractivity contribution in [2.45, 2.75) is 12.5 Å². The predicted octanol–water partition coefficient (Wildman–Crippen LogP) is 6.36. The van der Waals surface area contributed by atoms with Crippen LogP contribution in [0.25, 0.3) is 10.8 Å². The lowest BCUT2D eigenvalue weighted by Crippen LogP contribution is -2.29. The quantitative estimate of drug-likeness (QED) is 0.379. The van der Waals surface area contributed by atoms with Crippen LogP contribution in [-0.4, -0.2) is 17.2 Å². The van der Waals surface area contributed by atoms with Gasteiger partial charge < -0.3 is 14.6 Å². The van der Waals surface area contributed by atoms with Gasteiger partial charge in [-0.3, -0.25) is 0 Å². The zero-order valence-electron chi connectivity index (χ0n) is 16.0. The molecular weight excluding hydrogens is 400 g/mol. The van der Waals surface area contributed by atoms with Gasteiger partial charge in [-0.2, -0.15) is 0 Å². The molecule has 4 rings (SSSR count). The second-order valence-corrected chi connectivity index (χ2v) is 7.26. The number of rotatable bonds is 7. The lowest BCUT2D eigenvalue weighted by atomic mass is 10.1. The molecule has 0 amide bonds. The van der Waals surface area contributed by atoms with Gasteiger partial charge in [0.25, 0.3) is 0 Å². The van der Waals surface area contributed by atoms with Crippen molar-refractivity contribution in [2.24, 2.45) is 0 Å². The molecule has 0 saturated heterocycles. The van der Waals surface area contributed by atoms with Crippen molar-refractivity contribution in [1.82, 2.24) is 0 Å². The minimum Gasteiger partial charge on any atom is -0.478 e. The molecule has 0 saturated carbocycles. The smallest absolute Gasteiger partial charge is 0.345 e. The number of aliphatic carboxylic acids is 1. The molecule has 0 bridgehead atoms. The minimum atomic E-state index is -1.09. The van der Waals surface area contributed by atoms with Gasteiger partial charge in [0, 0.05) is 17.0 Å². The van der Waals surface area contributed by atoms with Crippen LogP contribution in [0.5, 0.6) is 17.2 Å². The number of benzene rings is 4. The molecule has 30 heavy (non-hydrogen) atoms. The van der Waals surface area contributed by atoms with Gasteiger partial charge in [0.1, 0.15) is 17.2 Å². The molecule has 4 aromatic carbocycles. The van der Waals surface area contributed by atoms with Gasteiger partial charge in [0.2, 0.25) is 0 Å². The number of hydrogen-bond donors (Lipinski definition) is 1. The molecule has 5 heteroatoms. The van der Waals surface area contributed by atoms with Crippen LogP contribution in [0, 0.1) is 0 Å². The molecule has 0 aliphatic heterocycles. The van der Waals surface area contributed by atoms with E-state index >= 15 is 0 Å². The largest absolute Gasteiger partial charge is 0.478 e. The lowest BCUT2D eigenvalue weighted by Gasteiger charge is -2.18. The molecule has 4 aromatic rings. The van der Waals surface area contributed by atoms with Gasteiger partial charge in [-0.05, 0) is 53.2 Å². The third-order valence-corrected chi connectivity index (χ3v) is 4.91. The number of para-hydroxylation sites is 1. The van der Waals surface area contributed by atoms with Crippen molar-refractivity contribution in [3.8, 4) is 17.2 Å². The second kappa shape index (κ2) is 8.89. The Morgan fingerprint density at radius 1 is 0.833 bits per heavy atom. The van der Waals surface area contributed by atoms with Gasteiger partial charge in [0.05, 0.1) is 0 Å². The molecule has 0 spiro atoms. The average molecular weight is 419 g/mol. The predicted molar refractivity (Wildman–Crippen MR) is 118 cm³/mol. The monoisotopic (exact) mass is 418 g/mol. The normalized spacial score (nSPS) is 11.8. The lowest BCUT2D eigenvalue weighted by molar-refractivity contribution is -0.145. The van der Waals surface area contributed by atoms with E-state index in [-0.39, 0.29) is 6.42 Å². The molecule has 0 fully saturated rings. The van der Waals surface area contributed by atoms with E-state index < -0.39 is 12.1 Å². The molecule has 4 nitrogen and oxygen atoms in total. The van der Waals surface area contributed by atoms with Crippen molar-refractivity contribution >= 4 is 28.3 Å². The number of carboxylic acids is 1. The molecule has 1 unspecified atom stereocenters. The highest BCUT2D eigenvalue weighted by Gasteiger charge is 2.23. The van der Waals surface area contributed by atoms with Crippen molar-refractivity contribution in [3.05, 3.63) is 102 Å². The maximum absolute atomic E-state index is 11.9. The highest BCUT2D eigenvalue weighted by atomic mass is 35.5. The van der Waals surface area contributed by atoms with Crippen molar-refractivity contribution in [1.29, 1.82) is 0 Å². The second-order valence-electron chi connectivity index (χ2n) is 6.82. The van der Waals surface area contributed by atoms with Crippen molar-refractivity contribution in [3.63, 3.8) is 0 Å². The maximum Gasteiger partial charge on any atom is 0.345 e. The zero-order chi connectivity index (χ0) is 20.9. The molecule has 0 heterocycles. The number of carboxylic acid groups (broad SMARTS) is 1. The minimum absolute atomic E-state index is 0.102. The van der Waals surface area contributed by atoms with Crippen LogP contribution in [0.2, 0.25) is 5.02 Å². The number of fused-ring (bicyclic) bond motifs is 1. The van der Waals surface area contributed by atoms with Crippen molar-refractivity contribution in [2.75, 3.05) is 0 Å². The highest BCUT2D eigenvalue weighted by Crippen LogP contribution is 2.30. The first kappa shape index (κ1) is 19.8. The summed E-state index contributed by atoms with van der Waals surface area (Å²) in [6, 6.07) is 27.8. The van der Waals surface area contributed by atoms with E-state index in [1.165, 1.54) is 0 Å². The summed E-state index contributed by atoms with van der Waals surface area (Å²) in [5.74, 6) is 0.629. The molecule has 0 radical (unpaired) electrons. The van der Waals surface area contributed by atoms with Crippen LogP contribution >= 0.6 is 11.6 Å². The molecule has 1 N–H and O–H groups in total. The summed E-state index contributed by atoms with van der Waals surface area (Å²) in [7, 11) is 0. The Morgan fingerprint density at radius 2 is 1.57 bits per heavy atom. The molecule has 0 aromatic heterocycles. The van der Waals surface area contributed by atoms with E-state index in [0.717, 1.165) is 10.8 Å². The number of carbonyl (C=O) groups is 1. The Hall–Kier alpha value is -3.50. The summed E-state index contributed by atoms with van der Waals surface area (Å²) < 4.78 is 11.8. The fourth-order valence-corrected chi connectivity index (χ4v) is 3.40. The summed E-state index contributed by atoms with van der Waals surface area (Å²) in [5.41, 5.74) is 0.652. The molecular formula is C25H19ClO4. The fourth-order valence-electron chi connectivity index (χ4n) is 3.21. The number of ether oxygens (including phenoxy) is 2. The van der Waals surface area contributed by atoms with E-state index in [1.807, 2.05) is 66.7 Å². The van der Waals surface area contributed by atoms with Crippen LogP contribution in [-0.2, 0) is 11.2 Å². The Bertz CT molecular complexity index is 1170. The Balaban J connectivity index is 1.59. The Morgan fingerprint density at radius 3 is 2.33 bits per heavy atom. The summed E-state index contributed by atoms with van der Waals surface area (Å²) in [4.78, 5) is 11.9. The van der Waals surface area contributed by atoms with Crippen LogP contribution in [0.15, 0.2) is 91.0 Å². The standard InChI is InChI=1S/C25H19ClO4/c26-20-11-13-23(29-21-8-2-1-3-9-21)19(14-20)16-24(25(27)28)30-22-12-10-17-6-4-5-7-18(17)15-22/h1-15,24H,16H2,(H,27,28). The van der Waals surface area contributed by atoms with E-state index in [4.69, 9.17) is 21.1 Å². The summed E-state index contributed by atoms with van der Waals surface area (Å²) >= 11 is 6.16. The van der Waals surface area contributed by atoms with E-state index in [1.54, 1.807) is 24.3 Å². The van der Waals surface area contributed by atoms with Crippen molar-refractivity contribution < 1.29 is 19.4 Å². The van der Waals surface area contributed by atoms with E-state index in [9.17, 15) is 9.90 Å². The average Bonchev–Trinajstić information content (AvgIpc) is 2.75. The van der Waals surface area contributed by atoms with E-state index in [0.29, 0.717) is 27.8 Å². The third-order valence-electron chi connectivity index (χ3n) is 4.67. The Labute approximate surface area is 179 Å².